The van der Waals surface area contributed by atoms with Gasteiger partial charge >= 0.3 is 5.97 Å². The highest BCUT2D eigenvalue weighted by molar-refractivity contribution is 8.01. The summed E-state index contributed by atoms with van der Waals surface area (Å²) in [6.45, 7) is 1.35. The van der Waals surface area contributed by atoms with Crippen molar-refractivity contribution in [2.24, 2.45) is 0 Å². The second-order valence-corrected chi connectivity index (χ2v) is 8.76. The second kappa shape index (κ2) is 9.27. The summed E-state index contributed by atoms with van der Waals surface area (Å²) < 4.78 is 21.5. The number of carbonyl (C=O) groups is 2. The van der Waals surface area contributed by atoms with Crippen molar-refractivity contribution in [1.82, 2.24) is 14.8 Å². The molecule has 10 heteroatoms. The Hall–Kier alpha value is -3.24. The number of amides is 1. The van der Waals surface area contributed by atoms with E-state index in [9.17, 15) is 14.0 Å². The van der Waals surface area contributed by atoms with E-state index in [1.54, 1.807) is 25.1 Å². The van der Waals surface area contributed by atoms with Gasteiger partial charge in [0.15, 0.2) is 10.9 Å². The Labute approximate surface area is 185 Å². The van der Waals surface area contributed by atoms with Crippen LogP contribution in [0.25, 0.3) is 15.9 Å². The molecule has 4 rings (SSSR count). The molecule has 0 spiro atoms. The first-order valence-corrected chi connectivity index (χ1v) is 11.0. The standard InChI is InChI=1S/C21H17FN4O3S2/c1-13-10-18(26(25-13)15-8-6-14(22)7-9-15)24-19(27)11-29-20(28)12-30-21-23-16-4-2-3-5-17(16)31-21/h2-10H,11-12H2,1H3,(H,24,27). The van der Waals surface area contributed by atoms with Crippen LogP contribution in [0.1, 0.15) is 5.69 Å². The van der Waals surface area contributed by atoms with Crippen LogP contribution < -0.4 is 5.32 Å². The van der Waals surface area contributed by atoms with Gasteiger partial charge in [-0.1, -0.05) is 23.9 Å². The lowest BCUT2D eigenvalue weighted by molar-refractivity contribution is -0.144. The van der Waals surface area contributed by atoms with E-state index in [1.165, 1.54) is 39.9 Å². The molecule has 0 unspecified atom stereocenters. The fourth-order valence-electron chi connectivity index (χ4n) is 2.77. The number of hydrogen-bond donors (Lipinski definition) is 1. The van der Waals surface area contributed by atoms with E-state index in [-0.39, 0.29) is 11.6 Å². The van der Waals surface area contributed by atoms with Crippen molar-refractivity contribution in [3.63, 3.8) is 0 Å². The van der Waals surface area contributed by atoms with E-state index < -0.39 is 18.5 Å². The van der Waals surface area contributed by atoms with Gasteiger partial charge in [0.2, 0.25) is 0 Å². The summed E-state index contributed by atoms with van der Waals surface area (Å²) >= 11 is 2.77. The Morgan fingerprint density at radius 1 is 1.19 bits per heavy atom. The first-order valence-electron chi connectivity index (χ1n) is 9.24. The molecule has 2 heterocycles. The largest absolute Gasteiger partial charge is 0.455 e. The van der Waals surface area contributed by atoms with Gasteiger partial charge in [0.25, 0.3) is 5.91 Å². The molecule has 0 saturated heterocycles. The molecular formula is C21H17FN4O3S2. The van der Waals surface area contributed by atoms with Crippen molar-refractivity contribution in [2.45, 2.75) is 11.3 Å². The Kier molecular flexibility index (Phi) is 6.28. The molecule has 0 radical (unpaired) electrons. The molecule has 0 aliphatic heterocycles. The van der Waals surface area contributed by atoms with E-state index in [1.807, 2.05) is 24.3 Å². The number of ether oxygens (including phenoxy) is 1. The monoisotopic (exact) mass is 456 g/mol. The average molecular weight is 457 g/mol. The summed E-state index contributed by atoms with van der Waals surface area (Å²) in [6, 6.07) is 15.1. The van der Waals surface area contributed by atoms with Gasteiger partial charge in [0.05, 0.1) is 27.4 Å². The number of aromatic nitrogens is 3. The minimum atomic E-state index is -0.511. The van der Waals surface area contributed by atoms with Gasteiger partial charge in [-0.2, -0.15) is 5.10 Å². The van der Waals surface area contributed by atoms with Gasteiger partial charge in [-0.05, 0) is 43.3 Å². The zero-order chi connectivity index (χ0) is 21.8. The number of fused-ring (bicyclic) bond motifs is 1. The predicted octanol–water partition coefficient (Wildman–Crippen LogP) is 4.20. The number of hydrogen-bond acceptors (Lipinski definition) is 7. The molecule has 4 aromatic rings. The minimum Gasteiger partial charge on any atom is -0.455 e. The zero-order valence-corrected chi connectivity index (χ0v) is 18.0. The summed E-state index contributed by atoms with van der Waals surface area (Å²) in [7, 11) is 0. The summed E-state index contributed by atoms with van der Waals surface area (Å²) in [5, 5.41) is 6.97. The lowest BCUT2D eigenvalue weighted by Gasteiger charge is -2.09. The van der Waals surface area contributed by atoms with Crippen molar-refractivity contribution < 1.29 is 18.7 Å². The predicted molar refractivity (Wildman–Crippen MR) is 118 cm³/mol. The van der Waals surface area contributed by atoms with Crippen molar-refractivity contribution in [3.8, 4) is 5.69 Å². The topological polar surface area (TPSA) is 86.1 Å². The van der Waals surface area contributed by atoms with Crippen LogP contribution in [0.4, 0.5) is 10.2 Å². The number of para-hydroxylation sites is 1. The van der Waals surface area contributed by atoms with Crippen LogP contribution in [0.5, 0.6) is 0 Å². The smallest absolute Gasteiger partial charge is 0.316 e. The van der Waals surface area contributed by atoms with Gasteiger partial charge in [-0.3, -0.25) is 9.59 Å². The second-order valence-electron chi connectivity index (χ2n) is 6.50. The Morgan fingerprint density at radius 3 is 2.74 bits per heavy atom. The summed E-state index contributed by atoms with van der Waals surface area (Å²) in [5.41, 5.74) is 2.15. The quantitative estimate of drug-likeness (QED) is 0.331. The molecule has 0 bridgehead atoms. The normalized spacial score (nSPS) is 10.9. The molecule has 0 atom stereocenters. The Morgan fingerprint density at radius 2 is 1.97 bits per heavy atom. The van der Waals surface area contributed by atoms with E-state index in [4.69, 9.17) is 4.74 Å². The number of anilines is 1. The Balaban J connectivity index is 1.30. The molecule has 1 amide bonds. The number of carbonyl (C=O) groups excluding carboxylic acids is 2. The van der Waals surface area contributed by atoms with E-state index in [2.05, 4.69) is 15.4 Å². The number of thiazole rings is 1. The van der Waals surface area contributed by atoms with Crippen molar-refractivity contribution in [2.75, 3.05) is 17.7 Å². The highest BCUT2D eigenvalue weighted by Crippen LogP contribution is 2.29. The van der Waals surface area contributed by atoms with E-state index in [0.717, 1.165) is 14.6 Å². The molecule has 0 fully saturated rings. The minimum absolute atomic E-state index is 0.0553. The number of esters is 1. The van der Waals surface area contributed by atoms with E-state index >= 15 is 0 Å². The van der Waals surface area contributed by atoms with Gasteiger partial charge in [0.1, 0.15) is 11.6 Å². The number of nitrogens with one attached hydrogen (secondary N) is 1. The molecule has 2 aromatic carbocycles. The number of rotatable bonds is 7. The lowest BCUT2D eigenvalue weighted by atomic mass is 10.3. The SMILES string of the molecule is Cc1cc(NC(=O)COC(=O)CSc2nc3ccccc3s2)n(-c2ccc(F)cc2)n1. The van der Waals surface area contributed by atoms with Crippen molar-refractivity contribution >= 4 is 51.0 Å². The van der Waals surface area contributed by atoms with Gasteiger partial charge in [-0.15, -0.1) is 11.3 Å². The number of benzene rings is 2. The average Bonchev–Trinajstić information content (AvgIpc) is 3.34. The first-order chi connectivity index (χ1) is 15.0. The number of nitrogens with zero attached hydrogens (tertiary/aromatic N) is 3. The van der Waals surface area contributed by atoms with Crippen molar-refractivity contribution in [3.05, 3.63) is 66.1 Å². The number of halogens is 1. The van der Waals surface area contributed by atoms with Crippen LogP contribution in [-0.2, 0) is 14.3 Å². The van der Waals surface area contributed by atoms with Gasteiger partial charge in [-0.25, -0.2) is 14.1 Å². The maximum absolute atomic E-state index is 13.2. The third-order valence-electron chi connectivity index (χ3n) is 4.12. The summed E-state index contributed by atoms with van der Waals surface area (Å²) in [6.07, 6.45) is 0. The molecular weight excluding hydrogens is 439 g/mol. The fraction of sp³-hybridized carbons (Fsp3) is 0.143. The molecule has 0 aliphatic carbocycles. The maximum atomic E-state index is 13.2. The van der Waals surface area contributed by atoms with E-state index in [0.29, 0.717) is 17.2 Å². The molecule has 7 nitrogen and oxygen atoms in total. The third-order valence-corrected chi connectivity index (χ3v) is 6.28. The molecule has 0 saturated carbocycles. The molecule has 0 aliphatic rings. The first kappa shape index (κ1) is 21.0. The maximum Gasteiger partial charge on any atom is 0.316 e. The zero-order valence-electron chi connectivity index (χ0n) is 16.4. The number of thioether (sulfide) groups is 1. The van der Waals surface area contributed by atoms with Crippen LogP contribution in [0.3, 0.4) is 0 Å². The van der Waals surface area contributed by atoms with Crippen LogP contribution in [-0.4, -0.2) is 39.0 Å². The number of aryl methyl sites for hydroxylation is 1. The van der Waals surface area contributed by atoms with Crippen LogP contribution in [0.15, 0.2) is 58.9 Å². The third kappa shape index (κ3) is 5.28. The Bertz CT molecular complexity index is 1200. The van der Waals surface area contributed by atoms with Crippen molar-refractivity contribution in [1.29, 1.82) is 0 Å². The van der Waals surface area contributed by atoms with Gasteiger partial charge in [0, 0.05) is 6.07 Å². The molecule has 2 aromatic heterocycles. The highest BCUT2D eigenvalue weighted by atomic mass is 32.2. The van der Waals surface area contributed by atoms with Gasteiger partial charge < -0.3 is 10.1 Å². The highest BCUT2D eigenvalue weighted by Gasteiger charge is 2.14. The molecule has 158 valence electrons. The lowest BCUT2D eigenvalue weighted by Crippen LogP contribution is -2.23. The molecule has 31 heavy (non-hydrogen) atoms. The van der Waals surface area contributed by atoms with Crippen LogP contribution in [0, 0.1) is 12.7 Å². The van der Waals surface area contributed by atoms with Crippen LogP contribution >= 0.6 is 23.1 Å². The molecule has 1 N–H and O–H groups in total. The fourth-order valence-corrected chi connectivity index (χ4v) is 4.63. The summed E-state index contributed by atoms with van der Waals surface area (Å²) in [5.74, 6) is -0.924. The summed E-state index contributed by atoms with van der Waals surface area (Å²) in [4.78, 5) is 28.7. The van der Waals surface area contributed by atoms with Crippen LogP contribution in [0.2, 0.25) is 0 Å².